The average Bonchev–Trinajstić information content (AvgIpc) is 2.35. The van der Waals surface area contributed by atoms with Gasteiger partial charge in [0.2, 0.25) is 5.91 Å². The lowest BCUT2D eigenvalue weighted by Crippen LogP contribution is -2.47. The van der Waals surface area contributed by atoms with Crippen LogP contribution >= 0.6 is 0 Å². The Balaban J connectivity index is 2.81. The molecule has 1 heterocycles. The first kappa shape index (κ1) is 14.7. The Labute approximate surface area is 107 Å². The number of hydrogen-bond acceptors (Lipinski definition) is 4. The topological polar surface area (TPSA) is 132 Å². The first-order chi connectivity index (χ1) is 8.81. The molecule has 3 N–H and O–H groups in total. The first-order valence-corrected chi connectivity index (χ1v) is 5.46. The van der Waals surface area contributed by atoms with Gasteiger partial charge in [-0.15, -0.1) is 0 Å². The number of carboxylic acids is 3. The summed E-state index contributed by atoms with van der Waals surface area (Å²) in [7, 11) is 0. The van der Waals surface area contributed by atoms with E-state index in [1.807, 2.05) is 0 Å². The molecule has 1 saturated heterocycles. The van der Waals surface area contributed by atoms with Gasteiger partial charge in [0.15, 0.2) is 0 Å². The highest BCUT2D eigenvalue weighted by atomic mass is 16.4. The fraction of sp³-hybridized carbons (Fsp3) is 0.455. The summed E-state index contributed by atoms with van der Waals surface area (Å²) < 4.78 is 0. The number of carbonyl (C=O) groups excluding carboxylic acids is 1. The Morgan fingerprint density at radius 3 is 1.74 bits per heavy atom. The fourth-order valence-electron chi connectivity index (χ4n) is 1.88. The second kappa shape index (κ2) is 5.98. The van der Waals surface area contributed by atoms with Crippen LogP contribution in [0.1, 0.15) is 6.42 Å². The number of carbonyl (C=O) groups is 4. The van der Waals surface area contributed by atoms with Crippen LogP contribution in [0.25, 0.3) is 0 Å². The molecule has 8 heteroatoms. The van der Waals surface area contributed by atoms with Crippen LogP contribution in [0.15, 0.2) is 12.2 Å². The number of rotatable bonds is 4. The van der Waals surface area contributed by atoms with E-state index in [-0.39, 0.29) is 19.5 Å². The Kier molecular flexibility index (Phi) is 4.62. The van der Waals surface area contributed by atoms with E-state index >= 15 is 0 Å². The predicted molar refractivity (Wildman–Crippen MR) is 60.2 cm³/mol. The van der Waals surface area contributed by atoms with Gasteiger partial charge in [0.05, 0.1) is 11.8 Å². The standard InChI is InChI=1S/C11H13NO7/c13-8(1-2-9(14)15)12-4-6(10(16)17)3-7(5-12)11(18)19/h1-2,6-7H,3-5H2,(H,14,15)(H,16,17)(H,18,19)/b2-1+. The molecule has 0 spiro atoms. The summed E-state index contributed by atoms with van der Waals surface area (Å²) in [5.41, 5.74) is 0. The summed E-state index contributed by atoms with van der Waals surface area (Å²) in [4.78, 5) is 44.8. The molecule has 19 heavy (non-hydrogen) atoms. The lowest BCUT2D eigenvalue weighted by molar-refractivity contribution is -0.151. The average molecular weight is 271 g/mol. The van der Waals surface area contributed by atoms with Crippen molar-refractivity contribution in [2.45, 2.75) is 6.42 Å². The highest BCUT2D eigenvalue weighted by Gasteiger charge is 2.36. The molecule has 1 aliphatic rings. The van der Waals surface area contributed by atoms with E-state index in [9.17, 15) is 19.2 Å². The van der Waals surface area contributed by atoms with Gasteiger partial charge in [-0.25, -0.2) is 4.79 Å². The molecule has 2 atom stereocenters. The Hall–Kier alpha value is -2.38. The molecular formula is C11H13NO7. The first-order valence-electron chi connectivity index (χ1n) is 5.46. The van der Waals surface area contributed by atoms with Gasteiger partial charge < -0.3 is 20.2 Å². The maximum Gasteiger partial charge on any atom is 0.328 e. The molecular weight excluding hydrogens is 258 g/mol. The smallest absolute Gasteiger partial charge is 0.328 e. The van der Waals surface area contributed by atoms with Crippen molar-refractivity contribution in [2.24, 2.45) is 11.8 Å². The zero-order chi connectivity index (χ0) is 14.6. The molecule has 0 bridgehead atoms. The van der Waals surface area contributed by atoms with E-state index in [1.165, 1.54) is 0 Å². The molecule has 0 saturated carbocycles. The van der Waals surface area contributed by atoms with Crippen LogP contribution in [0.2, 0.25) is 0 Å². The number of nitrogens with zero attached hydrogens (tertiary/aromatic N) is 1. The molecule has 0 aromatic heterocycles. The van der Waals surface area contributed by atoms with Crippen LogP contribution < -0.4 is 0 Å². The molecule has 1 fully saturated rings. The second-order valence-electron chi connectivity index (χ2n) is 4.22. The summed E-state index contributed by atoms with van der Waals surface area (Å²) in [6.45, 7) is -0.246. The van der Waals surface area contributed by atoms with Crippen LogP contribution in [-0.2, 0) is 19.2 Å². The molecule has 0 aromatic carbocycles. The number of aliphatic carboxylic acids is 3. The van der Waals surface area contributed by atoms with E-state index in [1.54, 1.807) is 0 Å². The van der Waals surface area contributed by atoms with Gasteiger partial charge in [0.25, 0.3) is 0 Å². The van der Waals surface area contributed by atoms with Gasteiger partial charge in [-0.05, 0) is 6.42 Å². The van der Waals surface area contributed by atoms with Gasteiger partial charge in [-0.1, -0.05) is 0 Å². The van der Waals surface area contributed by atoms with Crippen LogP contribution in [-0.4, -0.2) is 57.1 Å². The van der Waals surface area contributed by atoms with Gasteiger partial charge >= 0.3 is 17.9 Å². The molecule has 1 amide bonds. The van der Waals surface area contributed by atoms with Crippen molar-refractivity contribution in [3.8, 4) is 0 Å². The SMILES string of the molecule is O=C(O)/C=C/C(=O)N1CC(C(=O)O)CC(C(=O)O)C1. The maximum atomic E-state index is 11.6. The summed E-state index contributed by atoms with van der Waals surface area (Å²) in [6.07, 6.45) is 1.37. The Bertz CT molecular complexity index is 420. The minimum absolute atomic E-state index is 0.0446. The third-order valence-corrected chi connectivity index (χ3v) is 2.83. The van der Waals surface area contributed by atoms with Crippen LogP contribution in [0.4, 0.5) is 0 Å². The molecule has 0 aromatic rings. The van der Waals surface area contributed by atoms with Crippen molar-refractivity contribution in [2.75, 3.05) is 13.1 Å². The molecule has 1 aliphatic heterocycles. The molecule has 0 aliphatic carbocycles. The quantitative estimate of drug-likeness (QED) is 0.573. The maximum absolute atomic E-state index is 11.6. The van der Waals surface area contributed by atoms with Crippen molar-refractivity contribution in [3.05, 3.63) is 12.2 Å². The summed E-state index contributed by atoms with van der Waals surface area (Å²) in [5, 5.41) is 26.2. The van der Waals surface area contributed by atoms with Gasteiger partial charge in [-0.3, -0.25) is 14.4 Å². The number of hydrogen-bond donors (Lipinski definition) is 3. The summed E-state index contributed by atoms with van der Waals surface area (Å²) in [5.74, 6) is -6.29. The largest absolute Gasteiger partial charge is 0.481 e. The number of amides is 1. The van der Waals surface area contributed by atoms with Crippen molar-refractivity contribution >= 4 is 23.8 Å². The highest BCUT2D eigenvalue weighted by molar-refractivity contribution is 5.94. The molecule has 0 radical (unpaired) electrons. The van der Waals surface area contributed by atoms with E-state index in [0.29, 0.717) is 6.08 Å². The van der Waals surface area contributed by atoms with Crippen molar-refractivity contribution in [1.82, 2.24) is 4.90 Å². The van der Waals surface area contributed by atoms with Crippen LogP contribution in [0.5, 0.6) is 0 Å². The van der Waals surface area contributed by atoms with Gasteiger partial charge in [0, 0.05) is 25.2 Å². The number of likely N-dealkylation sites (tertiary alicyclic amines) is 1. The number of piperidine rings is 1. The van der Waals surface area contributed by atoms with Crippen LogP contribution in [0.3, 0.4) is 0 Å². The third kappa shape index (κ3) is 4.09. The van der Waals surface area contributed by atoms with E-state index in [0.717, 1.165) is 11.0 Å². The van der Waals surface area contributed by atoms with Gasteiger partial charge in [-0.2, -0.15) is 0 Å². The predicted octanol–water partition coefficient (Wildman–Crippen LogP) is -0.739. The normalized spacial score (nSPS) is 23.3. The van der Waals surface area contributed by atoms with E-state index < -0.39 is 35.7 Å². The lowest BCUT2D eigenvalue weighted by Gasteiger charge is -2.33. The molecule has 104 valence electrons. The van der Waals surface area contributed by atoms with E-state index in [4.69, 9.17) is 15.3 Å². The zero-order valence-corrected chi connectivity index (χ0v) is 9.85. The summed E-state index contributed by atoms with van der Waals surface area (Å²) >= 11 is 0. The number of carboxylic acid groups (broad SMARTS) is 3. The fourth-order valence-corrected chi connectivity index (χ4v) is 1.88. The molecule has 1 rings (SSSR count). The molecule has 2 unspecified atom stereocenters. The van der Waals surface area contributed by atoms with E-state index in [2.05, 4.69) is 0 Å². The van der Waals surface area contributed by atoms with Gasteiger partial charge in [0.1, 0.15) is 0 Å². The second-order valence-corrected chi connectivity index (χ2v) is 4.22. The minimum Gasteiger partial charge on any atom is -0.481 e. The van der Waals surface area contributed by atoms with Crippen LogP contribution in [0, 0.1) is 11.8 Å². The Morgan fingerprint density at radius 2 is 1.37 bits per heavy atom. The minimum atomic E-state index is -1.31. The van der Waals surface area contributed by atoms with Crippen molar-refractivity contribution in [1.29, 1.82) is 0 Å². The lowest BCUT2D eigenvalue weighted by atomic mass is 9.89. The van der Waals surface area contributed by atoms with Crippen molar-refractivity contribution < 1.29 is 34.5 Å². The molecule has 8 nitrogen and oxygen atoms in total. The summed E-state index contributed by atoms with van der Waals surface area (Å²) in [6, 6.07) is 0. The Morgan fingerprint density at radius 1 is 0.895 bits per heavy atom. The monoisotopic (exact) mass is 271 g/mol. The zero-order valence-electron chi connectivity index (χ0n) is 9.85. The van der Waals surface area contributed by atoms with Crippen molar-refractivity contribution in [3.63, 3.8) is 0 Å². The highest BCUT2D eigenvalue weighted by Crippen LogP contribution is 2.22. The third-order valence-electron chi connectivity index (χ3n) is 2.83.